The van der Waals surface area contributed by atoms with Crippen molar-refractivity contribution in [2.24, 2.45) is 0 Å². The zero-order chi connectivity index (χ0) is 26.5. The second-order valence-corrected chi connectivity index (χ2v) is 9.66. The number of phenols is 1. The Hall–Kier alpha value is -3.56. The first kappa shape index (κ1) is 25.1. The minimum Gasteiger partial charge on any atom is -0.506 e. The molecule has 1 saturated heterocycles. The molecule has 37 heavy (non-hydrogen) atoms. The topological polar surface area (TPSA) is 53.3 Å². The van der Waals surface area contributed by atoms with Crippen LogP contribution in [0.4, 0.5) is 18.9 Å². The highest BCUT2D eigenvalue weighted by molar-refractivity contribution is 7.80. The van der Waals surface area contributed by atoms with Crippen LogP contribution in [0.3, 0.4) is 0 Å². The van der Waals surface area contributed by atoms with Gasteiger partial charge in [0.15, 0.2) is 5.11 Å². The van der Waals surface area contributed by atoms with E-state index >= 15 is 0 Å². The zero-order valence-corrected chi connectivity index (χ0v) is 21.4. The summed E-state index contributed by atoms with van der Waals surface area (Å²) < 4.78 is 42.1. The number of pyridine rings is 1. The number of aryl methyl sites for hydroxylation is 1. The van der Waals surface area contributed by atoms with Crippen LogP contribution in [0.2, 0.25) is 5.02 Å². The van der Waals surface area contributed by atoms with Gasteiger partial charge in [0.05, 0.1) is 29.0 Å². The van der Waals surface area contributed by atoms with Crippen molar-refractivity contribution in [2.45, 2.75) is 32.1 Å². The number of aromatic hydroxyl groups is 1. The Kier molecular flexibility index (Phi) is 6.37. The first-order valence-electron chi connectivity index (χ1n) is 11.4. The van der Waals surface area contributed by atoms with Crippen LogP contribution in [0.15, 0.2) is 72.9 Å². The van der Waals surface area contributed by atoms with E-state index in [1.807, 2.05) is 38.1 Å². The maximum absolute atomic E-state index is 13.4. The van der Waals surface area contributed by atoms with Crippen molar-refractivity contribution >= 4 is 34.6 Å². The van der Waals surface area contributed by atoms with Crippen LogP contribution >= 0.6 is 23.8 Å². The highest BCUT2D eigenvalue weighted by atomic mass is 35.5. The third-order valence-corrected chi connectivity index (χ3v) is 7.07. The van der Waals surface area contributed by atoms with Crippen molar-refractivity contribution in [1.29, 1.82) is 0 Å². The van der Waals surface area contributed by atoms with Gasteiger partial charge < -0.3 is 19.9 Å². The predicted molar refractivity (Wildman–Crippen MR) is 141 cm³/mol. The van der Waals surface area contributed by atoms with Gasteiger partial charge >= 0.3 is 6.18 Å². The fourth-order valence-electron chi connectivity index (χ4n) is 4.93. The second kappa shape index (κ2) is 9.39. The Balaban J connectivity index is 1.70. The van der Waals surface area contributed by atoms with Crippen molar-refractivity contribution in [3.63, 3.8) is 0 Å². The van der Waals surface area contributed by atoms with Gasteiger partial charge in [0.1, 0.15) is 5.75 Å². The average molecular weight is 543 g/mol. The number of hydrogen-bond donors (Lipinski definition) is 2. The molecular weight excluding hydrogens is 521 g/mol. The normalized spacial score (nSPS) is 17.8. The van der Waals surface area contributed by atoms with E-state index in [1.54, 1.807) is 33.9 Å². The van der Waals surface area contributed by atoms with Gasteiger partial charge in [0.25, 0.3) is 0 Å². The molecule has 2 atom stereocenters. The molecule has 0 saturated carbocycles. The minimum atomic E-state index is -4.46. The molecule has 10 heteroatoms. The molecule has 190 valence electrons. The number of nitrogens with one attached hydrogen (secondary N) is 1. The molecular formula is C27H22ClF3N4OS. The Morgan fingerprint density at radius 1 is 1.03 bits per heavy atom. The standard InChI is InChI=1S/C27H22ClF3N4OS/c1-15-12-20(16(2)34(15)19-7-5-6-17(13-19)27(29,30)31)25-24(21-8-3-4-11-32-21)33-26(37)35(25)22-14-18(28)9-10-23(22)36/h3-14,24-25,36H,1-2H3,(H,33,37)/t24-,25-/m0/s1. The number of benzene rings is 2. The SMILES string of the molecule is Cc1cc([C@H]2[C@H](c3ccccn3)NC(=S)N2c2cc(Cl)ccc2O)c(C)n1-c1cccc(C(F)(F)F)c1. The Morgan fingerprint density at radius 3 is 2.51 bits per heavy atom. The highest BCUT2D eigenvalue weighted by Gasteiger charge is 2.43. The first-order valence-corrected chi connectivity index (χ1v) is 12.2. The smallest absolute Gasteiger partial charge is 0.416 e. The first-order chi connectivity index (χ1) is 17.6. The summed E-state index contributed by atoms with van der Waals surface area (Å²) in [4.78, 5) is 6.31. The molecule has 0 spiro atoms. The molecule has 2 aromatic carbocycles. The van der Waals surface area contributed by atoms with Crippen molar-refractivity contribution < 1.29 is 18.3 Å². The molecule has 3 heterocycles. The lowest BCUT2D eigenvalue weighted by Gasteiger charge is -2.28. The van der Waals surface area contributed by atoms with Crippen LogP contribution < -0.4 is 10.2 Å². The lowest BCUT2D eigenvalue weighted by molar-refractivity contribution is -0.137. The lowest BCUT2D eigenvalue weighted by atomic mass is 9.96. The summed E-state index contributed by atoms with van der Waals surface area (Å²) in [6.07, 6.45) is -2.77. The number of phenolic OH excluding ortho intramolecular Hbond substituents is 1. The van der Waals surface area contributed by atoms with Crippen molar-refractivity contribution in [2.75, 3.05) is 4.90 Å². The van der Waals surface area contributed by atoms with Crippen LogP contribution in [0.25, 0.3) is 5.69 Å². The van der Waals surface area contributed by atoms with E-state index in [-0.39, 0.29) is 5.75 Å². The molecule has 0 aliphatic carbocycles. The predicted octanol–water partition coefficient (Wildman–Crippen LogP) is 7.04. The number of halogens is 4. The van der Waals surface area contributed by atoms with Crippen molar-refractivity contribution in [1.82, 2.24) is 14.9 Å². The fraction of sp³-hybridized carbons (Fsp3) is 0.185. The van der Waals surface area contributed by atoms with Crippen molar-refractivity contribution in [3.8, 4) is 11.4 Å². The van der Waals surface area contributed by atoms with Gasteiger partial charge in [-0.15, -0.1) is 0 Å². The summed E-state index contributed by atoms with van der Waals surface area (Å²) >= 11 is 12.0. The molecule has 1 aliphatic rings. The summed E-state index contributed by atoms with van der Waals surface area (Å²) in [6.45, 7) is 3.70. The molecule has 0 bridgehead atoms. The Bertz CT molecular complexity index is 1490. The van der Waals surface area contributed by atoms with Gasteiger partial charge in [-0.1, -0.05) is 23.7 Å². The molecule has 1 fully saturated rings. The quantitative estimate of drug-likeness (QED) is 0.271. The van der Waals surface area contributed by atoms with E-state index in [4.69, 9.17) is 23.8 Å². The summed E-state index contributed by atoms with van der Waals surface area (Å²) in [5, 5.41) is 14.8. The summed E-state index contributed by atoms with van der Waals surface area (Å²) in [5.41, 5.74) is 3.12. The Morgan fingerprint density at radius 2 is 1.81 bits per heavy atom. The van der Waals surface area contributed by atoms with Gasteiger partial charge in [0.2, 0.25) is 0 Å². The van der Waals surface area contributed by atoms with Gasteiger partial charge in [-0.2, -0.15) is 13.2 Å². The van der Waals surface area contributed by atoms with Crippen LogP contribution in [-0.4, -0.2) is 19.8 Å². The highest BCUT2D eigenvalue weighted by Crippen LogP contribution is 2.46. The van der Waals surface area contributed by atoms with Crippen LogP contribution in [0.5, 0.6) is 5.75 Å². The number of aromatic nitrogens is 2. The maximum atomic E-state index is 13.4. The third kappa shape index (κ3) is 4.53. The third-order valence-electron chi connectivity index (χ3n) is 6.52. The number of thiocarbonyl (C=S) groups is 1. The van der Waals surface area contributed by atoms with E-state index < -0.39 is 23.8 Å². The van der Waals surface area contributed by atoms with Crippen LogP contribution in [0.1, 0.15) is 40.3 Å². The number of anilines is 1. The molecule has 0 radical (unpaired) electrons. The summed E-state index contributed by atoms with van der Waals surface area (Å²) in [5.74, 6) is -0.00749. The number of nitrogens with zero attached hydrogens (tertiary/aromatic N) is 3. The summed E-state index contributed by atoms with van der Waals surface area (Å²) in [7, 11) is 0. The fourth-order valence-corrected chi connectivity index (χ4v) is 5.43. The van der Waals surface area contributed by atoms with E-state index in [1.165, 1.54) is 12.1 Å². The molecule has 1 aliphatic heterocycles. The van der Waals surface area contributed by atoms with E-state index in [9.17, 15) is 18.3 Å². The molecule has 0 unspecified atom stereocenters. The molecule has 4 aromatic rings. The van der Waals surface area contributed by atoms with Gasteiger partial charge in [0, 0.05) is 28.3 Å². The number of rotatable bonds is 4. The van der Waals surface area contributed by atoms with Crippen molar-refractivity contribution in [3.05, 3.63) is 106 Å². The Labute approximate surface area is 222 Å². The van der Waals surface area contributed by atoms with Gasteiger partial charge in [-0.3, -0.25) is 4.98 Å². The van der Waals surface area contributed by atoms with Gasteiger partial charge in [-0.05, 0) is 86.2 Å². The van der Waals surface area contributed by atoms with E-state index in [0.717, 1.165) is 34.8 Å². The monoisotopic (exact) mass is 542 g/mol. The van der Waals surface area contributed by atoms with E-state index in [0.29, 0.717) is 21.5 Å². The molecule has 0 amide bonds. The van der Waals surface area contributed by atoms with Crippen LogP contribution in [-0.2, 0) is 6.18 Å². The molecule has 2 N–H and O–H groups in total. The second-order valence-electron chi connectivity index (χ2n) is 8.84. The summed E-state index contributed by atoms with van der Waals surface area (Å²) in [6, 6.07) is 16.6. The van der Waals surface area contributed by atoms with Gasteiger partial charge in [-0.25, -0.2) is 0 Å². The molecule has 2 aromatic heterocycles. The maximum Gasteiger partial charge on any atom is 0.416 e. The molecule has 5 rings (SSSR count). The minimum absolute atomic E-state index is 0.00749. The van der Waals surface area contributed by atoms with Crippen LogP contribution in [0, 0.1) is 13.8 Å². The lowest BCUT2D eigenvalue weighted by Crippen LogP contribution is -2.29. The van der Waals surface area contributed by atoms with E-state index in [2.05, 4.69) is 10.3 Å². The number of alkyl halides is 3. The zero-order valence-electron chi connectivity index (χ0n) is 19.8. The largest absolute Gasteiger partial charge is 0.506 e. The number of hydrogen-bond acceptors (Lipinski definition) is 3. The average Bonchev–Trinajstić information content (AvgIpc) is 3.35. The molecule has 5 nitrogen and oxygen atoms in total.